The molecule has 1 unspecified atom stereocenters. The number of rotatable bonds is 9. The van der Waals surface area contributed by atoms with Gasteiger partial charge in [-0.05, 0) is 25.5 Å². The molecule has 0 spiro atoms. The first kappa shape index (κ1) is 19.7. The topological polar surface area (TPSA) is 73.9 Å². The molecule has 1 atom stereocenters. The van der Waals surface area contributed by atoms with Crippen LogP contribution in [0.1, 0.15) is 19.8 Å². The van der Waals surface area contributed by atoms with Crippen molar-refractivity contribution in [2.24, 2.45) is 0 Å². The summed E-state index contributed by atoms with van der Waals surface area (Å²) in [5, 5.41) is 3.29. The molecular weight excluding hydrogens is 345 g/mol. The van der Waals surface area contributed by atoms with E-state index in [-0.39, 0.29) is 32.1 Å². The summed E-state index contributed by atoms with van der Waals surface area (Å²) in [7, 11) is 1.44. The molecule has 0 saturated carbocycles. The summed E-state index contributed by atoms with van der Waals surface area (Å²) in [4.78, 5) is 23.8. The van der Waals surface area contributed by atoms with E-state index in [4.69, 9.17) is 37.4 Å². The fourth-order valence-electron chi connectivity index (χ4n) is 1.74. The summed E-state index contributed by atoms with van der Waals surface area (Å²) in [6.45, 7) is 1.85. The molecule has 1 aromatic rings. The number of halogens is 2. The Kier molecular flexibility index (Phi) is 8.94. The Morgan fingerprint density at radius 2 is 1.91 bits per heavy atom. The summed E-state index contributed by atoms with van der Waals surface area (Å²) in [5.41, 5.74) is 0.339. The Hall–Kier alpha value is -1.34. The smallest absolute Gasteiger partial charge is 0.335 e. The van der Waals surface area contributed by atoms with Crippen LogP contribution < -0.4 is 5.32 Å². The molecule has 0 bridgehead atoms. The van der Waals surface area contributed by atoms with E-state index in [0.717, 1.165) is 0 Å². The third kappa shape index (κ3) is 6.74. The largest absolute Gasteiger partial charge is 0.464 e. The third-order valence-electron chi connectivity index (χ3n) is 2.80. The van der Waals surface area contributed by atoms with Gasteiger partial charge in [-0.2, -0.15) is 0 Å². The molecule has 1 rings (SSSR count). The SMILES string of the molecule is CCOC(=O)C(CCC(=O)Nc1c(Cl)cccc1Cl)OCOC. The Balaban J connectivity index is 2.59. The highest BCUT2D eigenvalue weighted by Crippen LogP contribution is 2.29. The molecule has 8 heteroatoms. The van der Waals surface area contributed by atoms with Crippen molar-refractivity contribution in [2.75, 3.05) is 25.8 Å². The number of ether oxygens (including phenoxy) is 3. The molecule has 6 nitrogen and oxygen atoms in total. The second-order valence-electron chi connectivity index (χ2n) is 4.50. The van der Waals surface area contributed by atoms with Gasteiger partial charge < -0.3 is 19.5 Å². The van der Waals surface area contributed by atoms with Crippen molar-refractivity contribution in [3.05, 3.63) is 28.2 Å². The Bertz CT molecular complexity index is 518. The minimum Gasteiger partial charge on any atom is -0.464 e. The molecule has 1 aromatic carbocycles. The van der Waals surface area contributed by atoms with Crippen LogP contribution in [0.15, 0.2) is 18.2 Å². The number of carbonyl (C=O) groups excluding carboxylic acids is 2. The monoisotopic (exact) mass is 363 g/mol. The lowest BCUT2D eigenvalue weighted by Gasteiger charge is -2.16. The van der Waals surface area contributed by atoms with Crippen molar-refractivity contribution in [3.8, 4) is 0 Å². The maximum atomic E-state index is 12.0. The van der Waals surface area contributed by atoms with Gasteiger partial charge in [-0.25, -0.2) is 4.79 Å². The molecule has 1 N–H and O–H groups in total. The number of para-hydroxylation sites is 1. The molecule has 0 aromatic heterocycles. The molecule has 0 aliphatic rings. The van der Waals surface area contributed by atoms with Gasteiger partial charge in [-0.1, -0.05) is 29.3 Å². The van der Waals surface area contributed by atoms with Crippen molar-refractivity contribution >= 4 is 40.8 Å². The summed E-state index contributed by atoms with van der Waals surface area (Å²) in [6, 6.07) is 4.91. The highest BCUT2D eigenvalue weighted by molar-refractivity contribution is 6.39. The minimum absolute atomic E-state index is 0.0365. The van der Waals surface area contributed by atoms with Crippen molar-refractivity contribution in [1.29, 1.82) is 0 Å². The predicted octanol–water partition coefficient (Wildman–Crippen LogP) is 3.26. The standard InChI is InChI=1S/C15H19Cl2NO5/c1-3-22-15(20)12(23-9-21-2)7-8-13(19)18-14-10(16)5-4-6-11(14)17/h4-6,12H,3,7-9H2,1-2H3,(H,18,19). The molecule has 128 valence electrons. The van der Waals surface area contributed by atoms with Crippen molar-refractivity contribution < 1.29 is 23.8 Å². The number of nitrogens with one attached hydrogen (secondary N) is 1. The average Bonchev–Trinajstić information content (AvgIpc) is 2.51. The van der Waals surface area contributed by atoms with Gasteiger partial charge in [-0.3, -0.25) is 4.79 Å². The highest BCUT2D eigenvalue weighted by Gasteiger charge is 2.22. The number of esters is 1. The number of hydrogen-bond donors (Lipinski definition) is 1. The number of benzene rings is 1. The van der Waals surface area contributed by atoms with Gasteiger partial charge in [0.1, 0.15) is 6.79 Å². The quantitative estimate of drug-likeness (QED) is 0.538. The van der Waals surface area contributed by atoms with E-state index in [2.05, 4.69) is 5.32 Å². The van der Waals surface area contributed by atoms with E-state index >= 15 is 0 Å². The van der Waals surface area contributed by atoms with Crippen LogP contribution in [0.25, 0.3) is 0 Å². The van der Waals surface area contributed by atoms with Gasteiger partial charge >= 0.3 is 5.97 Å². The van der Waals surface area contributed by atoms with Gasteiger partial charge in [0.25, 0.3) is 0 Å². The molecular formula is C15H19Cl2NO5. The first-order valence-corrected chi connectivity index (χ1v) is 7.76. The average molecular weight is 364 g/mol. The predicted molar refractivity (Wildman–Crippen MR) is 87.7 cm³/mol. The van der Waals surface area contributed by atoms with Crippen LogP contribution in [-0.4, -0.2) is 38.5 Å². The van der Waals surface area contributed by atoms with Gasteiger partial charge in [0.05, 0.1) is 22.3 Å². The molecule has 0 heterocycles. The van der Waals surface area contributed by atoms with E-state index in [1.807, 2.05) is 0 Å². The second-order valence-corrected chi connectivity index (χ2v) is 5.31. The van der Waals surface area contributed by atoms with Crippen LogP contribution >= 0.6 is 23.2 Å². The molecule has 0 radical (unpaired) electrons. The van der Waals surface area contributed by atoms with E-state index in [0.29, 0.717) is 15.7 Å². The fourth-order valence-corrected chi connectivity index (χ4v) is 2.23. The zero-order valence-corrected chi connectivity index (χ0v) is 14.4. The fraction of sp³-hybridized carbons (Fsp3) is 0.467. The van der Waals surface area contributed by atoms with E-state index < -0.39 is 12.1 Å². The van der Waals surface area contributed by atoms with E-state index in [1.165, 1.54) is 7.11 Å². The minimum atomic E-state index is -0.873. The second kappa shape index (κ2) is 10.4. The van der Waals surface area contributed by atoms with Crippen molar-refractivity contribution in [2.45, 2.75) is 25.9 Å². The van der Waals surface area contributed by atoms with E-state index in [1.54, 1.807) is 25.1 Å². The number of hydrogen-bond acceptors (Lipinski definition) is 5. The normalized spacial score (nSPS) is 11.8. The van der Waals surface area contributed by atoms with Crippen LogP contribution in [0.5, 0.6) is 0 Å². The van der Waals surface area contributed by atoms with Gasteiger partial charge in [0.15, 0.2) is 6.10 Å². The number of amides is 1. The summed E-state index contributed by atoms with van der Waals surface area (Å²) < 4.78 is 14.9. The lowest BCUT2D eigenvalue weighted by atomic mass is 10.2. The van der Waals surface area contributed by atoms with Gasteiger partial charge in [-0.15, -0.1) is 0 Å². The van der Waals surface area contributed by atoms with E-state index in [9.17, 15) is 9.59 Å². The highest BCUT2D eigenvalue weighted by atomic mass is 35.5. The van der Waals surface area contributed by atoms with Gasteiger partial charge in [0, 0.05) is 13.5 Å². The van der Waals surface area contributed by atoms with Crippen LogP contribution in [0.2, 0.25) is 10.0 Å². The molecule has 0 aliphatic heterocycles. The third-order valence-corrected chi connectivity index (χ3v) is 3.43. The molecule has 0 saturated heterocycles. The van der Waals surface area contributed by atoms with Gasteiger partial charge in [0.2, 0.25) is 5.91 Å². The lowest BCUT2D eigenvalue weighted by Crippen LogP contribution is -2.29. The first-order valence-electron chi connectivity index (χ1n) is 7.00. The van der Waals surface area contributed by atoms with Crippen LogP contribution in [0.4, 0.5) is 5.69 Å². The van der Waals surface area contributed by atoms with Crippen LogP contribution in [0, 0.1) is 0 Å². The lowest BCUT2D eigenvalue weighted by molar-refractivity contribution is -0.165. The molecule has 0 aliphatic carbocycles. The van der Waals surface area contributed by atoms with Crippen molar-refractivity contribution in [3.63, 3.8) is 0 Å². The van der Waals surface area contributed by atoms with Crippen LogP contribution in [0.3, 0.4) is 0 Å². The van der Waals surface area contributed by atoms with Crippen molar-refractivity contribution in [1.82, 2.24) is 0 Å². The molecule has 1 amide bonds. The molecule has 0 fully saturated rings. The zero-order valence-electron chi connectivity index (χ0n) is 12.9. The number of carbonyl (C=O) groups is 2. The summed E-state index contributed by atoms with van der Waals surface area (Å²) >= 11 is 12.0. The van der Waals surface area contributed by atoms with Crippen LogP contribution in [-0.2, 0) is 23.8 Å². The summed E-state index contributed by atoms with van der Waals surface area (Å²) in [6.07, 6.45) is -0.687. The first-order chi connectivity index (χ1) is 11.0. The zero-order chi connectivity index (χ0) is 17.2. The Morgan fingerprint density at radius 1 is 1.26 bits per heavy atom. The Labute approximate surface area is 145 Å². The number of anilines is 1. The molecule has 23 heavy (non-hydrogen) atoms. The maximum absolute atomic E-state index is 12.0. The Morgan fingerprint density at radius 3 is 2.48 bits per heavy atom. The number of methoxy groups -OCH3 is 1. The maximum Gasteiger partial charge on any atom is 0.335 e. The summed E-state index contributed by atoms with van der Waals surface area (Å²) in [5.74, 6) is -0.872.